The molecule has 0 spiro atoms. The molecule has 0 unspecified atom stereocenters. The molecule has 0 aliphatic heterocycles. The van der Waals surface area contributed by atoms with Gasteiger partial charge in [-0.25, -0.2) is 4.98 Å². The molecule has 0 bridgehead atoms. The highest BCUT2D eigenvalue weighted by Crippen LogP contribution is 2.37. The van der Waals surface area contributed by atoms with Crippen LogP contribution in [0.2, 0.25) is 0 Å². The van der Waals surface area contributed by atoms with Crippen molar-refractivity contribution >= 4 is 23.6 Å². The van der Waals surface area contributed by atoms with Crippen LogP contribution in [-0.2, 0) is 4.79 Å². The topological polar surface area (TPSA) is 79.3 Å². The van der Waals surface area contributed by atoms with Gasteiger partial charge in [0.2, 0.25) is 0 Å². The largest absolute Gasteiger partial charge is 0.481 e. The minimum absolute atomic E-state index is 0.110. The van der Waals surface area contributed by atoms with Crippen molar-refractivity contribution in [2.24, 2.45) is 0 Å². The van der Waals surface area contributed by atoms with Gasteiger partial charge in [-0.05, 0) is 25.0 Å². The Bertz CT molecular complexity index is 538. The number of amides is 1. The van der Waals surface area contributed by atoms with E-state index in [0.29, 0.717) is 19.4 Å². The number of hydrogen-bond acceptors (Lipinski definition) is 4. The van der Waals surface area contributed by atoms with Crippen LogP contribution in [0.1, 0.15) is 42.5 Å². The predicted molar refractivity (Wildman–Crippen MR) is 79.2 cm³/mol. The fourth-order valence-corrected chi connectivity index (χ4v) is 2.41. The fourth-order valence-electron chi connectivity index (χ4n) is 1.81. The van der Waals surface area contributed by atoms with Gasteiger partial charge in [-0.2, -0.15) is 13.2 Å². The first kappa shape index (κ1) is 19.3. The number of alkyl halides is 3. The van der Waals surface area contributed by atoms with Gasteiger partial charge in [0.05, 0.1) is 5.56 Å². The monoisotopic (exact) mass is 350 g/mol. The van der Waals surface area contributed by atoms with Crippen molar-refractivity contribution in [1.29, 1.82) is 0 Å². The van der Waals surface area contributed by atoms with Crippen molar-refractivity contribution in [2.45, 2.75) is 42.6 Å². The van der Waals surface area contributed by atoms with Crippen molar-refractivity contribution < 1.29 is 27.9 Å². The van der Waals surface area contributed by atoms with Crippen LogP contribution in [0.25, 0.3) is 0 Å². The molecule has 0 atom stereocenters. The Hall–Kier alpha value is -1.77. The molecule has 5 nitrogen and oxygen atoms in total. The molecule has 1 aromatic heterocycles. The number of unbranched alkanes of at least 4 members (excludes halogenated alkanes) is 3. The summed E-state index contributed by atoms with van der Waals surface area (Å²) in [5.41, 5.74) is -4.62. The molecule has 23 heavy (non-hydrogen) atoms. The molecule has 0 aromatic carbocycles. The van der Waals surface area contributed by atoms with Crippen molar-refractivity contribution in [3.05, 3.63) is 23.9 Å². The highest BCUT2D eigenvalue weighted by molar-refractivity contribution is 8.00. The summed E-state index contributed by atoms with van der Waals surface area (Å²) < 4.78 is 37.2. The second-order valence-electron chi connectivity index (χ2n) is 4.72. The van der Waals surface area contributed by atoms with Crippen molar-refractivity contribution in [3.8, 4) is 0 Å². The number of hydrogen-bond donors (Lipinski definition) is 2. The third kappa shape index (κ3) is 8.44. The quantitative estimate of drug-likeness (QED) is 0.527. The van der Waals surface area contributed by atoms with Crippen LogP contribution in [0.15, 0.2) is 23.4 Å². The van der Waals surface area contributed by atoms with Gasteiger partial charge in [0.15, 0.2) is 0 Å². The number of carbonyl (C=O) groups is 2. The van der Waals surface area contributed by atoms with E-state index in [2.05, 4.69) is 10.3 Å². The Morgan fingerprint density at radius 3 is 2.57 bits per heavy atom. The molecule has 1 rings (SSSR count). The molecular formula is C14H17F3N2O3S. The number of pyridine rings is 1. The van der Waals surface area contributed by atoms with Crippen LogP contribution >= 0.6 is 11.8 Å². The number of nitrogens with one attached hydrogen (secondary N) is 1. The summed E-state index contributed by atoms with van der Waals surface area (Å²) in [7, 11) is 0. The van der Waals surface area contributed by atoms with Crippen molar-refractivity contribution in [2.75, 3.05) is 6.54 Å². The molecule has 0 saturated heterocycles. The molecule has 9 heteroatoms. The van der Waals surface area contributed by atoms with Gasteiger partial charge in [-0.15, -0.1) is 0 Å². The van der Waals surface area contributed by atoms with Gasteiger partial charge in [0.1, 0.15) is 5.03 Å². The molecule has 0 aliphatic rings. The lowest BCUT2D eigenvalue weighted by atomic mass is 10.1. The summed E-state index contributed by atoms with van der Waals surface area (Å²) in [5.74, 6) is -1.44. The van der Waals surface area contributed by atoms with Crippen LogP contribution in [-0.4, -0.2) is 34.0 Å². The van der Waals surface area contributed by atoms with Crippen LogP contribution in [0.3, 0.4) is 0 Å². The molecule has 1 heterocycles. The number of aliphatic carboxylic acids is 1. The van der Waals surface area contributed by atoms with Crippen LogP contribution < -0.4 is 5.32 Å². The Morgan fingerprint density at radius 1 is 1.22 bits per heavy atom. The maximum Gasteiger partial charge on any atom is 0.447 e. The van der Waals surface area contributed by atoms with Crippen LogP contribution in [0.4, 0.5) is 13.2 Å². The van der Waals surface area contributed by atoms with E-state index >= 15 is 0 Å². The number of nitrogens with zero attached hydrogens (tertiary/aromatic N) is 1. The number of carboxylic acid groups (broad SMARTS) is 1. The number of carbonyl (C=O) groups excluding carboxylic acids is 1. The van der Waals surface area contributed by atoms with E-state index in [1.807, 2.05) is 0 Å². The smallest absolute Gasteiger partial charge is 0.447 e. The molecule has 0 fully saturated rings. The Morgan fingerprint density at radius 2 is 1.91 bits per heavy atom. The second-order valence-corrected chi connectivity index (χ2v) is 5.77. The number of carboxylic acids is 1. The van der Waals surface area contributed by atoms with Gasteiger partial charge in [0, 0.05) is 30.9 Å². The number of rotatable bonds is 9. The number of halogens is 3. The third-order valence-corrected chi connectivity index (χ3v) is 3.58. The van der Waals surface area contributed by atoms with E-state index in [-0.39, 0.29) is 17.0 Å². The lowest BCUT2D eigenvalue weighted by Gasteiger charge is -2.10. The summed E-state index contributed by atoms with van der Waals surface area (Å²) in [6.07, 6.45) is 3.98. The molecular weight excluding hydrogens is 333 g/mol. The minimum atomic E-state index is -4.51. The van der Waals surface area contributed by atoms with Gasteiger partial charge in [0.25, 0.3) is 5.91 Å². The van der Waals surface area contributed by atoms with E-state index < -0.39 is 29.1 Å². The van der Waals surface area contributed by atoms with E-state index in [4.69, 9.17) is 5.11 Å². The zero-order chi connectivity index (χ0) is 17.3. The average Bonchev–Trinajstić information content (AvgIpc) is 2.44. The highest BCUT2D eigenvalue weighted by Gasteiger charge is 2.32. The molecule has 0 saturated carbocycles. The fraction of sp³-hybridized carbons (Fsp3) is 0.500. The molecule has 1 amide bonds. The van der Waals surface area contributed by atoms with Crippen LogP contribution in [0.5, 0.6) is 0 Å². The minimum Gasteiger partial charge on any atom is -0.481 e. The van der Waals surface area contributed by atoms with E-state index in [9.17, 15) is 22.8 Å². The molecule has 2 N–H and O–H groups in total. The summed E-state index contributed by atoms with van der Waals surface area (Å²) in [6, 6.07) is 2.70. The van der Waals surface area contributed by atoms with E-state index in [1.54, 1.807) is 0 Å². The van der Waals surface area contributed by atoms with Crippen molar-refractivity contribution in [1.82, 2.24) is 10.3 Å². The Balaban J connectivity index is 2.39. The van der Waals surface area contributed by atoms with Gasteiger partial charge in [-0.3, -0.25) is 9.59 Å². The number of aromatic nitrogens is 1. The highest BCUT2D eigenvalue weighted by atomic mass is 32.2. The summed E-state index contributed by atoms with van der Waals surface area (Å²) >= 11 is -0.419. The van der Waals surface area contributed by atoms with Gasteiger partial charge in [-0.1, -0.05) is 12.8 Å². The summed E-state index contributed by atoms with van der Waals surface area (Å²) in [5, 5.41) is 10.6. The first-order valence-corrected chi connectivity index (χ1v) is 7.82. The van der Waals surface area contributed by atoms with Gasteiger partial charge >= 0.3 is 11.5 Å². The molecule has 1 aromatic rings. The van der Waals surface area contributed by atoms with E-state index in [0.717, 1.165) is 12.8 Å². The molecule has 128 valence electrons. The first-order chi connectivity index (χ1) is 10.8. The van der Waals surface area contributed by atoms with Crippen LogP contribution in [0, 0.1) is 0 Å². The van der Waals surface area contributed by atoms with Gasteiger partial charge < -0.3 is 10.4 Å². The first-order valence-electron chi connectivity index (χ1n) is 7.00. The van der Waals surface area contributed by atoms with Crippen molar-refractivity contribution in [3.63, 3.8) is 0 Å². The SMILES string of the molecule is O=C(O)CCCCCCNC(=O)c1cccnc1SC(F)(F)F. The standard InChI is InChI=1S/C14H17F3N2O3S/c15-14(16,17)23-13-10(6-5-9-19-13)12(22)18-8-4-2-1-3-7-11(20)21/h5-6,9H,1-4,7-8H2,(H,18,22)(H,20,21). The normalized spacial score (nSPS) is 11.3. The molecule has 0 aliphatic carbocycles. The number of thioether (sulfide) groups is 1. The third-order valence-electron chi connectivity index (χ3n) is 2.83. The lowest BCUT2D eigenvalue weighted by Crippen LogP contribution is -2.25. The average molecular weight is 350 g/mol. The maximum absolute atomic E-state index is 12.4. The Kier molecular flexibility index (Phi) is 7.87. The maximum atomic E-state index is 12.4. The lowest BCUT2D eigenvalue weighted by molar-refractivity contribution is -0.137. The van der Waals surface area contributed by atoms with E-state index in [1.165, 1.54) is 18.3 Å². The molecule has 0 radical (unpaired) electrons. The summed E-state index contributed by atoms with van der Waals surface area (Å²) in [4.78, 5) is 25.8. The predicted octanol–water partition coefficient (Wildman–Crippen LogP) is 3.46. The zero-order valence-corrected chi connectivity index (χ0v) is 13.0. The zero-order valence-electron chi connectivity index (χ0n) is 12.2. The summed E-state index contributed by atoms with van der Waals surface area (Å²) in [6.45, 7) is 0.316. The Labute approximate surface area is 135 Å². The second kappa shape index (κ2) is 9.39.